The first kappa shape index (κ1) is 41.4. The Morgan fingerprint density at radius 1 is 0.366 bits per heavy atom. The molecule has 0 aliphatic heterocycles. The molecule has 4 heteroatoms. The molecule has 0 atom stereocenters. The Kier molecular flexibility index (Phi) is 9.16. The van der Waals surface area contributed by atoms with Gasteiger partial charge in [-0.1, -0.05) is 161 Å². The maximum Gasteiger partial charge on any atom is 0.159 e. The van der Waals surface area contributed by atoms with Crippen LogP contribution in [0.1, 0.15) is 49.9 Å². The van der Waals surface area contributed by atoms with Gasteiger partial charge >= 0.3 is 0 Å². The molecular formula is C67H50N2O2. The van der Waals surface area contributed by atoms with Crippen LogP contribution in [-0.4, -0.2) is 0 Å². The first-order chi connectivity index (χ1) is 34.9. The van der Waals surface area contributed by atoms with Gasteiger partial charge in [-0.15, -0.1) is 0 Å². The lowest BCUT2D eigenvalue weighted by Crippen LogP contribution is -2.16. The number of rotatable bonds is 8. The summed E-state index contributed by atoms with van der Waals surface area (Å²) in [4.78, 5) is 4.73. The van der Waals surface area contributed by atoms with Crippen LogP contribution in [-0.2, 0) is 18.3 Å². The van der Waals surface area contributed by atoms with Gasteiger partial charge in [0.25, 0.3) is 0 Å². The molecule has 0 unspecified atom stereocenters. The number of hydrogen-bond donors (Lipinski definition) is 0. The Bertz CT molecular complexity index is 4290. The summed E-state index contributed by atoms with van der Waals surface area (Å²) in [6.07, 6.45) is 1.81. The van der Waals surface area contributed by atoms with E-state index in [2.05, 4.69) is 244 Å². The zero-order chi connectivity index (χ0) is 47.5. The molecule has 0 fully saturated rings. The fourth-order valence-corrected chi connectivity index (χ4v) is 12.2. The average Bonchev–Trinajstić information content (AvgIpc) is 4.08. The van der Waals surface area contributed by atoms with Crippen LogP contribution >= 0.6 is 0 Å². The van der Waals surface area contributed by atoms with Gasteiger partial charge in [0.2, 0.25) is 0 Å². The van der Waals surface area contributed by atoms with E-state index in [-0.39, 0.29) is 5.41 Å². The lowest BCUT2D eigenvalue weighted by atomic mass is 9.79. The van der Waals surface area contributed by atoms with E-state index in [4.69, 9.17) is 8.83 Å². The van der Waals surface area contributed by atoms with E-state index in [1.54, 1.807) is 0 Å². The van der Waals surface area contributed by atoms with Crippen molar-refractivity contribution in [3.8, 4) is 11.1 Å². The van der Waals surface area contributed by atoms with E-state index in [1.807, 2.05) is 0 Å². The van der Waals surface area contributed by atoms with Gasteiger partial charge in [-0.2, -0.15) is 0 Å². The maximum absolute atomic E-state index is 6.90. The molecule has 0 amide bonds. The molecule has 1 aliphatic carbocycles. The highest BCUT2D eigenvalue weighted by Crippen LogP contribution is 2.56. The van der Waals surface area contributed by atoms with Gasteiger partial charge in [-0.05, 0) is 151 Å². The second kappa shape index (κ2) is 15.7. The molecule has 13 aromatic rings. The van der Waals surface area contributed by atoms with Gasteiger partial charge in [-0.3, -0.25) is 0 Å². The molecule has 2 heterocycles. The molecule has 14 rings (SSSR count). The van der Waals surface area contributed by atoms with Crippen molar-refractivity contribution in [2.75, 3.05) is 9.80 Å². The van der Waals surface area contributed by atoms with Crippen LogP contribution in [0.5, 0.6) is 0 Å². The van der Waals surface area contributed by atoms with Gasteiger partial charge in [0.1, 0.15) is 11.2 Å². The lowest BCUT2D eigenvalue weighted by Gasteiger charge is -2.28. The van der Waals surface area contributed by atoms with Crippen LogP contribution in [0.3, 0.4) is 0 Å². The van der Waals surface area contributed by atoms with E-state index in [9.17, 15) is 0 Å². The molecule has 0 spiro atoms. The largest absolute Gasteiger partial charge is 0.454 e. The molecule has 11 aromatic carbocycles. The van der Waals surface area contributed by atoms with Crippen LogP contribution in [0.25, 0.3) is 87.3 Å². The fourth-order valence-electron chi connectivity index (χ4n) is 12.2. The molecule has 0 radical (unpaired) electrons. The summed E-state index contributed by atoms with van der Waals surface area (Å²) in [6, 6.07) is 75.5. The summed E-state index contributed by atoms with van der Waals surface area (Å²) in [5.74, 6) is 0. The van der Waals surface area contributed by atoms with Gasteiger partial charge < -0.3 is 18.6 Å². The number of aryl methyl sites for hydroxylation is 2. The summed E-state index contributed by atoms with van der Waals surface area (Å²) < 4.78 is 13.8. The van der Waals surface area contributed by atoms with Crippen molar-refractivity contribution in [2.45, 2.75) is 46.0 Å². The van der Waals surface area contributed by atoms with Crippen LogP contribution in [0.15, 0.2) is 215 Å². The summed E-state index contributed by atoms with van der Waals surface area (Å²) >= 11 is 0. The zero-order valence-electron chi connectivity index (χ0n) is 40.3. The molecule has 2 aromatic heterocycles. The third kappa shape index (κ3) is 6.10. The average molecular weight is 915 g/mol. The molecule has 0 saturated carbocycles. The first-order valence-electron chi connectivity index (χ1n) is 25.0. The summed E-state index contributed by atoms with van der Waals surface area (Å²) in [6.45, 7) is 9.23. The van der Waals surface area contributed by atoms with E-state index in [1.165, 1.54) is 65.7 Å². The predicted molar refractivity (Wildman–Crippen MR) is 299 cm³/mol. The highest BCUT2D eigenvalue weighted by molar-refractivity contribution is 6.20. The number of nitrogens with zero attached hydrogens (tertiary/aromatic N) is 2. The summed E-state index contributed by atoms with van der Waals surface area (Å²) in [5, 5.41) is 12.0. The highest BCUT2D eigenvalue weighted by Gasteiger charge is 2.39. The van der Waals surface area contributed by atoms with Crippen LogP contribution < -0.4 is 9.80 Å². The van der Waals surface area contributed by atoms with Gasteiger partial charge in [0.05, 0.1) is 11.4 Å². The molecule has 0 N–H and O–H groups in total. The summed E-state index contributed by atoms with van der Waals surface area (Å²) in [7, 11) is 0. The van der Waals surface area contributed by atoms with Crippen molar-refractivity contribution in [1.29, 1.82) is 0 Å². The Hall–Kier alpha value is -8.60. The minimum absolute atomic E-state index is 0.301. The monoisotopic (exact) mass is 914 g/mol. The minimum atomic E-state index is -0.301. The van der Waals surface area contributed by atoms with Gasteiger partial charge in [-0.25, -0.2) is 0 Å². The normalized spacial score (nSPS) is 13.0. The number of para-hydroxylation sites is 6. The first-order valence-corrected chi connectivity index (χ1v) is 25.0. The van der Waals surface area contributed by atoms with Crippen molar-refractivity contribution in [3.63, 3.8) is 0 Å². The zero-order valence-corrected chi connectivity index (χ0v) is 40.3. The molecule has 0 saturated heterocycles. The Morgan fingerprint density at radius 3 is 1.44 bits per heavy atom. The van der Waals surface area contributed by atoms with E-state index < -0.39 is 0 Å². The molecule has 4 nitrogen and oxygen atoms in total. The van der Waals surface area contributed by atoms with Gasteiger partial charge in [0, 0.05) is 49.7 Å². The molecule has 340 valence electrons. The van der Waals surface area contributed by atoms with Crippen molar-refractivity contribution in [2.24, 2.45) is 0 Å². The second-order valence-electron chi connectivity index (χ2n) is 19.7. The number of hydrogen-bond acceptors (Lipinski definition) is 4. The summed E-state index contributed by atoms with van der Waals surface area (Å²) in [5.41, 5.74) is 17.5. The Morgan fingerprint density at radius 2 is 0.859 bits per heavy atom. The number of fused-ring (bicyclic) bond motifs is 15. The minimum Gasteiger partial charge on any atom is -0.454 e. The Balaban J connectivity index is 0.942. The third-order valence-corrected chi connectivity index (χ3v) is 15.5. The quantitative estimate of drug-likeness (QED) is 0.142. The molecule has 71 heavy (non-hydrogen) atoms. The van der Waals surface area contributed by atoms with E-state index >= 15 is 0 Å². The SMILES string of the molecule is CCc1cccc2c1oc1c(N(c3ccccc3)c3ccc4cc5c(cc4c3)C(C)(C)c3c-5c4ccccc4c4cc(N(c5ccccc5)c5cccc6c5oc5c(CC)cccc56)ccc34)cccc12. The number of benzene rings is 11. The van der Waals surface area contributed by atoms with Gasteiger partial charge in [0.15, 0.2) is 11.2 Å². The van der Waals surface area contributed by atoms with Crippen molar-refractivity contribution < 1.29 is 8.83 Å². The second-order valence-corrected chi connectivity index (χ2v) is 19.7. The van der Waals surface area contributed by atoms with Crippen molar-refractivity contribution in [3.05, 3.63) is 229 Å². The van der Waals surface area contributed by atoms with Crippen molar-refractivity contribution in [1.82, 2.24) is 0 Å². The standard InChI is InChI=1S/C67H50N2O2/c1-5-41-19-15-27-52-54-29-17-31-59(65(54)70-63(41)52)68(45-21-9-7-10-22-45)47-34-33-43-38-57-58(39-44(43)37-47)67(3,4)62-51-36-35-48(40-56(51)49-25-13-14-26-50(49)61(57)62)69(46-23-11-8-12-24-46)60-32-18-30-55-53-28-16-20-42(6-2)64(53)71-66(55)60/h7-40H,5-6H2,1-4H3. The fraction of sp³-hybridized carbons (Fsp3) is 0.104. The highest BCUT2D eigenvalue weighted by atomic mass is 16.3. The molecule has 0 bridgehead atoms. The van der Waals surface area contributed by atoms with E-state index in [0.717, 1.165) is 90.8 Å². The number of furan rings is 2. The molecule has 1 aliphatic rings. The topological polar surface area (TPSA) is 32.8 Å². The predicted octanol–water partition coefficient (Wildman–Crippen LogP) is 19.3. The lowest BCUT2D eigenvalue weighted by molar-refractivity contribution is 0.663. The smallest absolute Gasteiger partial charge is 0.159 e. The van der Waals surface area contributed by atoms with Crippen molar-refractivity contribution >= 4 is 110 Å². The van der Waals surface area contributed by atoms with E-state index in [0.29, 0.717) is 0 Å². The van der Waals surface area contributed by atoms with Crippen LogP contribution in [0.4, 0.5) is 34.1 Å². The Labute approximate surface area is 412 Å². The molecular weight excluding hydrogens is 865 g/mol. The maximum atomic E-state index is 6.90. The number of anilines is 6. The third-order valence-electron chi connectivity index (χ3n) is 15.5. The van der Waals surface area contributed by atoms with Crippen LogP contribution in [0.2, 0.25) is 0 Å². The van der Waals surface area contributed by atoms with Crippen LogP contribution in [0, 0.1) is 0 Å².